The lowest BCUT2D eigenvalue weighted by Gasteiger charge is -2.12. The third-order valence-electron chi connectivity index (χ3n) is 1.96. The highest BCUT2D eigenvalue weighted by Crippen LogP contribution is 1.82. The molecular formula is C11H25IN4O. The highest BCUT2D eigenvalue weighted by atomic mass is 127. The molecule has 2 N–H and O–H groups in total. The molecule has 102 valence electrons. The molecule has 0 aromatic carbocycles. The van der Waals surface area contributed by atoms with Crippen LogP contribution in [0, 0.1) is 0 Å². The molecule has 0 spiro atoms. The minimum absolute atomic E-state index is 0. The first-order chi connectivity index (χ1) is 7.61. The van der Waals surface area contributed by atoms with Gasteiger partial charge < -0.3 is 15.5 Å². The number of carbonyl (C=O) groups is 1. The van der Waals surface area contributed by atoms with Gasteiger partial charge in [0, 0.05) is 27.2 Å². The second-order valence-corrected chi connectivity index (χ2v) is 3.81. The Morgan fingerprint density at radius 2 is 1.59 bits per heavy atom. The molecule has 0 saturated heterocycles. The minimum atomic E-state index is 0. The number of guanidine groups is 1. The molecule has 1 amide bonds. The zero-order valence-electron chi connectivity index (χ0n) is 11.2. The van der Waals surface area contributed by atoms with Crippen molar-refractivity contribution in [1.82, 2.24) is 15.5 Å². The summed E-state index contributed by atoms with van der Waals surface area (Å²) in [6, 6.07) is 0. The maximum absolute atomic E-state index is 11.4. The number of aliphatic imine (C=N–C) groups is 1. The molecule has 0 aliphatic heterocycles. The van der Waals surface area contributed by atoms with Crippen molar-refractivity contribution in [3.63, 3.8) is 0 Å². The van der Waals surface area contributed by atoms with Crippen molar-refractivity contribution < 1.29 is 4.79 Å². The van der Waals surface area contributed by atoms with Crippen LogP contribution >= 0.6 is 24.0 Å². The van der Waals surface area contributed by atoms with E-state index in [2.05, 4.69) is 29.5 Å². The number of carbonyl (C=O) groups excluding carboxylic acids is 1. The van der Waals surface area contributed by atoms with Crippen molar-refractivity contribution in [2.75, 3.05) is 33.7 Å². The Kier molecular flexibility index (Phi) is 13.2. The van der Waals surface area contributed by atoms with E-state index in [1.54, 1.807) is 19.0 Å². The van der Waals surface area contributed by atoms with Gasteiger partial charge >= 0.3 is 0 Å². The van der Waals surface area contributed by atoms with Gasteiger partial charge in [-0.1, -0.05) is 13.8 Å². The third kappa shape index (κ3) is 10.3. The van der Waals surface area contributed by atoms with Crippen LogP contribution in [-0.4, -0.2) is 50.5 Å². The fraction of sp³-hybridized carbons (Fsp3) is 0.818. The molecule has 0 aliphatic carbocycles. The zero-order valence-corrected chi connectivity index (χ0v) is 13.6. The third-order valence-corrected chi connectivity index (χ3v) is 1.96. The van der Waals surface area contributed by atoms with Crippen molar-refractivity contribution in [3.05, 3.63) is 0 Å². The van der Waals surface area contributed by atoms with Crippen molar-refractivity contribution >= 4 is 35.8 Å². The number of halogens is 1. The fourth-order valence-corrected chi connectivity index (χ4v) is 0.949. The van der Waals surface area contributed by atoms with Crippen LogP contribution in [-0.2, 0) is 4.79 Å². The van der Waals surface area contributed by atoms with Crippen molar-refractivity contribution in [3.8, 4) is 0 Å². The smallest absolute Gasteiger partial charge is 0.243 e. The number of likely N-dealkylation sites (N-methyl/N-ethyl adjacent to an activating group) is 1. The molecule has 0 heterocycles. The lowest BCUT2D eigenvalue weighted by molar-refractivity contribution is -0.127. The van der Waals surface area contributed by atoms with Crippen LogP contribution < -0.4 is 10.6 Å². The van der Waals surface area contributed by atoms with E-state index in [0.29, 0.717) is 0 Å². The first kappa shape index (κ1) is 18.8. The molecule has 0 aromatic rings. The second-order valence-electron chi connectivity index (χ2n) is 3.81. The van der Waals surface area contributed by atoms with E-state index < -0.39 is 0 Å². The molecular weight excluding hydrogens is 331 g/mol. The van der Waals surface area contributed by atoms with Crippen LogP contribution in [0.25, 0.3) is 0 Å². The van der Waals surface area contributed by atoms with E-state index in [0.717, 1.165) is 31.9 Å². The SMILES string of the molecule is CCCNC(=NCC(=O)N(C)C)NCCC.I. The summed E-state index contributed by atoms with van der Waals surface area (Å²) < 4.78 is 0. The lowest BCUT2D eigenvalue weighted by atomic mass is 10.4. The maximum Gasteiger partial charge on any atom is 0.243 e. The maximum atomic E-state index is 11.4. The van der Waals surface area contributed by atoms with Gasteiger partial charge in [0.05, 0.1) is 0 Å². The van der Waals surface area contributed by atoms with Crippen molar-refractivity contribution in [2.45, 2.75) is 26.7 Å². The molecule has 0 rings (SSSR count). The van der Waals surface area contributed by atoms with Crippen LogP contribution in [0.3, 0.4) is 0 Å². The van der Waals surface area contributed by atoms with Crippen LogP contribution in [0.15, 0.2) is 4.99 Å². The number of hydrogen-bond donors (Lipinski definition) is 2. The molecule has 0 radical (unpaired) electrons. The van der Waals surface area contributed by atoms with E-state index in [4.69, 9.17) is 0 Å². The van der Waals surface area contributed by atoms with Crippen LogP contribution in [0.1, 0.15) is 26.7 Å². The van der Waals surface area contributed by atoms with Gasteiger partial charge in [0.2, 0.25) is 5.91 Å². The van der Waals surface area contributed by atoms with Gasteiger partial charge in [-0.3, -0.25) is 4.79 Å². The predicted octanol–water partition coefficient (Wildman–Crippen LogP) is 1.05. The summed E-state index contributed by atoms with van der Waals surface area (Å²) in [7, 11) is 3.47. The topological polar surface area (TPSA) is 56.7 Å². The highest BCUT2D eigenvalue weighted by molar-refractivity contribution is 14.0. The Balaban J connectivity index is 0. The molecule has 0 aromatic heterocycles. The molecule has 17 heavy (non-hydrogen) atoms. The van der Waals surface area contributed by atoms with Gasteiger partial charge in [-0.15, -0.1) is 24.0 Å². The molecule has 0 saturated carbocycles. The Labute approximate surface area is 121 Å². The lowest BCUT2D eigenvalue weighted by Crippen LogP contribution is -2.39. The molecule has 0 aliphatic rings. The second kappa shape index (κ2) is 11.9. The number of hydrogen-bond acceptors (Lipinski definition) is 2. The predicted molar refractivity (Wildman–Crippen MR) is 83.0 cm³/mol. The van der Waals surface area contributed by atoms with E-state index in [-0.39, 0.29) is 36.4 Å². The monoisotopic (exact) mass is 356 g/mol. The van der Waals surface area contributed by atoms with Crippen molar-refractivity contribution in [2.24, 2.45) is 4.99 Å². The average Bonchev–Trinajstić information content (AvgIpc) is 2.27. The normalized spacial score (nSPS) is 8.94. The quantitative estimate of drug-likeness (QED) is 0.425. The van der Waals surface area contributed by atoms with Gasteiger partial charge in [0.25, 0.3) is 0 Å². The van der Waals surface area contributed by atoms with Gasteiger partial charge in [0.1, 0.15) is 6.54 Å². The van der Waals surface area contributed by atoms with E-state index in [1.165, 1.54) is 0 Å². The van der Waals surface area contributed by atoms with E-state index >= 15 is 0 Å². The van der Waals surface area contributed by atoms with Crippen LogP contribution in [0.4, 0.5) is 0 Å². The molecule has 5 nitrogen and oxygen atoms in total. The number of rotatable bonds is 6. The van der Waals surface area contributed by atoms with Crippen molar-refractivity contribution in [1.29, 1.82) is 0 Å². The summed E-state index contributed by atoms with van der Waals surface area (Å²) in [5, 5.41) is 6.33. The summed E-state index contributed by atoms with van der Waals surface area (Å²) in [6.07, 6.45) is 2.07. The highest BCUT2D eigenvalue weighted by Gasteiger charge is 2.03. The first-order valence-corrected chi connectivity index (χ1v) is 5.84. The van der Waals surface area contributed by atoms with Gasteiger partial charge in [-0.25, -0.2) is 4.99 Å². The average molecular weight is 356 g/mol. The first-order valence-electron chi connectivity index (χ1n) is 5.84. The zero-order chi connectivity index (χ0) is 12.4. The van der Waals surface area contributed by atoms with E-state index in [9.17, 15) is 4.79 Å². The minimum Gasteiger partial charge on any atom is -0.356 e. The van der Waals surface area contributed by atoms with Gasteiger partial charge in [-0.05, 0) is 12.8 Å². The van der Waals surface area contributed by atoms with E-state index in [1.807, 2.05) is 0 Å². The summed E-state index contributed by atoms with van der Waals surface area (Å²) in [5.74, 6) is 0.730. The fourth-order valence-electron chi connectivity index (χ4n) is 0.949. The van der Waals surface area contributed by atoms with Crippen LogP contribution in [0.5, 0.6) is 0 Å². The Hall–Kier alpha value is -0.530. The standard InChI is InChI=1S/C11H24N4O.HI/c1-5-7-12-11(13-8-6-2)14-9-10(16)15(3)4;/h5-9H2,1-4H3,(H2,12,13,14);1H. The van der Waals surface area contributed by atoms with Gasteiger partial charge in [-0.2, -0.15) is 0 Å². The molecule has 0 fully saturated rings. The Morgan fingerprint density at radius 1 is 1.12 bits per heavy atom. The molecule has 0 bridgehead atoms. The summed E-state index contributed by atoms with van der Waals surface area (Å²) in [6.45, 7) is 6.11. The number of nitrogens with zero attached hydrogens (tertiary/aromatic N) is 2. The molecule has 6 heteroatoms. The summed E-state index contributed by atoms with van der Waals surface area (Å²) >= 11 is 0. The summed E-state index contributed by atoms with van der Waals surface area (Å²) in [4.78, 5) is 17.1. The van der Waals surface area contributed by atoms with Crippen LogP contribution in [0.2, 0.25) is 0 Å². The number of nitrogens with one attached hydrogen (secondary N) is 2. The largest absolute Gasteiger partial charge is 0.356 e. The number of amides is 1. The Morgan fingerprint density at radius 3 is 1.94 bits per heavy atom. The summed E-state index contributed by atoms with van der Waals surface area (Å²) in [5.41, 5.74) is 0. The van der Waals surface area contributed by atoms with Gasteiger partial charge in [0.15, 0.2) is 5.96 Å². The molecule has 0 atom stereocenters. The Bertz CT molecular complexity index is 222. The molecule has 0 unspecified atom stereocenters.